The SMILES string of the molecule is c1ccc(-c2ccc3c(c2)B2c4ccc5c(c4N(c4c(-c6ccccc6)cccc4-c4ccccc4)c4cc(-c6ccccc6)cc(c42)N3c2c(-c3ccccc3)cccc2-c2ccccc2)c2ccccc2n5-c2ccccc2)cc1. The van der Waals surface area contributed by atoms with Crippen LogP contribution in [0.5, 0.6) is 0 Å². The maximum absolute atomic E-state index is 2.71. The number of fused-ring (bicyclic) bond motifs is 8. The fourth-order valence-electron chi connectivity index (χ4n) is 13.4. The normalized spacial score (nSPS) is 12.3. The van der Waals surface area contributed by atoms with Gasteiger partial charge >= 0.3 is 0 Å². The van der Waals surface area contributed by atoms with Crippen molar-refractivity contribution in [2.24, 2.45) is 0 Å². The standard InChI is InChI=1S/C78H52BN3/c1-8-26-53(27-9-1)59-46-48-70-68(50-59)79-67-47-49-71-74(66-40-22-23-45-69(66)80(71)61-38-20-7-21-39-61)78(67)82(77-64(57-34-16-5-17-35-57)43-25-44-65(77)58-36-18-6-19-37-58)73-52-60(54-28-10-2-11-29-54)51-72(75(73)79)81(70)76-62(55-30-12-3-13-31-55)41-24-42-63(76)56-32-14-4-15-33-56/h1-52H. The molecule has 0 radical (unpaired) electrons. The van der Waals surface area contributed by atoms with Gasteiger partial charge in [-0.2, -0.15) is 0 Å². The molecule has 0 fully saturated rings. The summed E-state index contributed by atoms with van der Waals surface area (Å²) in [5.74, 6) is 0. The van der Waals surface area contributed by atoms with E-state index < -0.39 is 0 Å². The molecule has 0 bridgehead atoms. The number of nitrogens with zero attached hydrogens (tertiary/aromatic N) is 3. The van der Waals surface area contributed by atoms with Gasteiger partial charge in [0.2, 0.25) is 0 Å². The van der Waals surface area contributed by atoms with Crippen molar-refractivity contribution in [1.82, 2.24) is 4.57 Å². The molecule has 13 aromatic carbocycles. The molecule has 16 rings (SSSR count). The highest BCUT2D eigenvalue weighted by molar-refractivity contribution is 7.00. The first kappa shape index (κ1) is 47.3. The Bertz CT molecular complexity index is 4600. The number of para-hydroxylation sites is 4. The third-order valence-corrected chi connectivity index (χ3v) is 17.0. The number of benzene rings is 13. The minimum atomic E-state index is -0.202. The molecule has 2 aliphatic rings. The molecule has 82 heavy (non-hydrogen) atoms. The summed E-state index contributed by atoms with van der Waals surface area (Å²) in [5, 5.41) is 2.41. The molecule has 2 aliphatic heterocycles. The molecule has 0 amide bonds. The van der Waals surface area contributed by atoms with Crippen LogP contribution in [0.3, 0.4) is 0 Å². The van der Waals surface area contributed by atoms with E-state index in [-0.39, 0.29) is 6.71 Å². The van der Waals surface area contributed by atoms with Crippen molar-refractivity contribution >= 4 is 79.0 Å². The minimum Gasteiger partial charge on any atom is -0.310 e. The van der Waals surface area contributed by atoms with E-state index in [1.807, 2.05) is 0 Å². The highest BCUT2D eigenvalue weighted by Gasteiger charge is 2.46. The Morgan fingerprint density at radius 1 is 0.244 bits per heavy atom. The van der Waals surface area contributed by atoms with Crippen molar-refractivity contribution in [3.8, 4) is 72.4 Å². The molecule has 0 N–H and O–H groups in total. The van der Waals surface area contributed by atoms with E-state index in [4.69, 9.17) is 0 Å². The molecule has 382 valence electrons. The fourth-order valence-corrected chi connectivity index (χ4v) is 13.4. The zero-order chi connectivity index (χ0) is 54.1. The van der Waals surface area contributed by atoms with Gasteiger partial charge in [0.25, 0.3) is 6.71 Å². The number of aromatic nitrogens is 1. The van der Waals surface area contributed by atoms with Crippen LogP contribution >= 0.6 is 0 Å². The number of hydrogen-bond donors (Lipinski definition) is 0. The first-order valence-corrected chi connectivity index (χ1v) is 28.4. The van der Waals surface area contributed by atoms with Crippen LogP contribution in [-0.4, -0.2) is 11.3 Å². The summed E-state index contributed by atoms with van der Waals surface area (Å²) in [6.45, 7) is -0.202. The second kappa shape index (κ2) is 19.6. The van der Waals surface area contributed by atoms with E-state index in [2.05, 4.69) is 330 Å². The zero-order valence-corrected chi connectivity index (χ0v) is 44.9. The lowest BCUT2D eigenvalue weighted by Crippen LogP contribution is -2.61. The van der Waals surface area contributed by atoms with Crippen molar-refractivity contribution in [1.29, 1.82) is 0 Å². The van der Waals surface area contributed by atoms with Crippen LogP contribution in [0, 0.1) is 0 Å². The van der Waals surface area contributed by atoms with Gasteiger partial charge in [-0.1, -0.05) is 273 Å². The van der Waals surface area contributed by atoms with E-state index in [9.17, 15) is 0 Å². The average Bonchev–Trinajstić information content (AvgIpc) is 1.94. The Hall–Kier alpha value is -10.7. The number of rotatable bonds is 9. The lowest BCUT2D eigenvalue weighted by Gasteiger charge is -2.46. The number of hydrogen-bond acceptors (Lipinski definition) is 2. The molecule has 0 spiro atoms. The Morgan fingerprint density at radius 3 is 1.18 bits per heavy atom. The first-order chi connectivity index (χ1) is 40.7. The van der Waals surface area contributed by atoms with Crippen LogP contribution in [0.4, 0.5) is 34.1 Å². The summed E-state index contributed by atoms with van der Waals surface area (Å²) in [7, 11) is 0. The quantitative estimate of drug-likeness (QED) is 0.134. The molecule has 1 aromatic heterocycles. The van der Waals surface area contributed by atoms with Gasteiger partial charge in [-0.25, -0.2) is 0 Å². The molecule has 14 aromatic rings. The van der Waals surface area contributed by atoms with Crippen LogP contribution in [-0.2, 0) is 0 Å². The van der Waals surface area contributed by atoms with Gasteiger partial charge in [-0.15, -0.1) is 0 Å². The van der Waals surface area contributed by atoms with Gasteiger partial charge in [-0.3, -0.25) is 0 Å². The Balaban J connectivity index is 1.13. The molecule has 4 heteroatoms. The summed E-state index contributed by atoms with van der Waals surface area (Å²) in [6.07, 6.45) is 0. The Labute approximate surface area is 478 Å². The maximum atomic E-state index is 2.71. The van der Waals surface area contributed by atoms with Crippen LogP contribution in [0.15, 0.2) is 315 Å². The molecule has 0 aliphatic carbocycles. The smallest absolute Gasteiger partial charge is 0.252 e. The van der Waals surface area contributed by atoms with Gasteiger partial charge in [-0.05, 0) is 103 Å². The van der Waals surface area contributed by atoms with E-state index in [1.54, 1.807) is 0 Å². The average molecular weight is 1040 g/mol. The van der Waals surface area contributed by atoms with Gasteiger partial charge in [0.1, 0.15) is 0 Å². The molecule has 3 nitrogen and oxygen atoms in total. The summed E-state index contributed by atoms with van der Waals surface area (Å²) >= 11 is 0. The first-order valence-electron chi connectivity index (χ1n) is 28.4. The Morgan fingerprint density at radius 2 is 0.671 bits per heavy atom. The molecule has 3 heterocycles. The Kier molecular flexibility index (Phi) is 11.3. The highest BCUT2D eigenvalue weighted by atomic mass is 15.2. The van der Waals surface area contributed by atoms with E-state index in [0.717, 1.165) is 101 Å². The molecular formula is C78H52BN3. The zero-order valence-electron chi connectivity index (χ0n) is 44.9. The molecule has 0 saturated heterocycles. The minimum absolute atomic E-state index is 0.202. The summed E-state index contributed by atoms with van der Waals surface area (Å²) in [5.41, 5.74) is 27.9. The fraction of sp³-hybridized carbons (Fsp3) is 0. The van der Waals surface area contributed by atoms with Crippen molar-refractivity contribution in [2.75, 3.05) is 9.80 Å². The summed E-state index contributed by atoms with van der Waals surface area (Å²) in [4.78, 5) is 5.35. The second-order valence-electron chi connectivity index (χ2n) is 21.5. The highest BCUT2D eigenvalue weighted by Crippen LogP contribution is 2.55. The van der Waals surface area contributed by atoms with Gasteiger partial charge in [0.15, 0.2) is 0 Å². The lowest BCUT2D eigenvalue weighted by atomic mass is 9.33. The van der Waals surface area contributed by atoms with Crippen molar-refractivity contribution in [3.05, 3.63) is 315 Å². The van der Waals surface area contributed by atoms with Crippen molar-refractivity contribution in [3.63, 3.8) is 0 Å². The van der Waals surface area contributed by atoms with Crippen LogP contribution in [0.1, 0.15) is 0 Å². The van der Waals surface area contributed by atoms with Gasteiger partial charge in [0.05, 0.1) is 28.1 Å². The van der Waals surface area contributed by atoms with Crippen LogP contribution in [0.25, 0.3) is 94.3 Å². The maximum Gasteiger partial charge on any atom is 0.252 e. The predicted molar refractivity (Wildman–Crippen MR) is 347 cm³/mol. The third kappa shape index (κ3) is 7.60. The van der Waals surface area contributed by atoms with Crippen LogP contribution < -0.4 is 26.2 Å². The van der Waals surface area contributed by atoms with Gasteiger partial charge < -0.3 is 14.4 Å². The van der Waals surface area contributed by atoms with E-state index in [1.165, 1.54) is 44.0 Å². The van der Waals surface area contributed by atoms with E-state index in [0.29, 0.717) is 0 Å². The summed E-state index contributed by atoms with van der Waals surface area (Å²) < 4.78 is 2.47. The predicted octanol–water partition coefficient (Wildman–Crippen LogP) is 18.9. The van der Waals surface area contributed by atoms with Crippen LogP contribution in [0.2, 0.25) is 0 Å². The topological polar surface area (TPSA) is 11.4 Å². The third-order valence-electron chi connectivity index (χ3n) is 17.0. The van der Waals surface area contributed by atoms with Crippen molar-refractivity contribution in [2.45, 2.75) is 0 Å². The summed E-state index contributed by atoms with van der Waals surface area (Å²) in [6, 6.07) is 117. The monoisotopic (exact) mass is 1040 g/mol. The molecule has 0 unspecified atom stereocenters. The molecule has 0 atom stereocenters. The van der Waals surface area contributed by atoms with Gasteiger partial charge in [0, 0.05) is 55.8 Å². The lowest BCUT2D eigenvalue weighted by molar-refractivity contribution is 1.18. The molecular weight excluding hydrogens is 990 g/mol. The largest absolute Gasteiger partial charge is 0.310 e. The number of anilines is 6. The molecule has 0 saturated carbocycles. The second-order valence-corrected chi connectivity index (χ2v) is 21.5. The van der Waals surface area contributed by atoms with Crippen molar-refractivity contribution < 1.29 is 0 Å². The van der Waals surface area contributed by atoms with E-state index >= 15 is 0 Å².